The highest BCUT2D eigenvalue weighted by Gasteiger charge is 2.13. The van der Waals surface area contributed by atoms with Gasteiger partial charge in [0.2, 0.25) is 0 Å². The number of aldehydes is 1. The first-order valence-electron chi connectivity index (χ1n) is 4.27. The summed E-state index contributed by atoms with van der Waals surface area (Å²) in [4.78, 5) is 10.9. The summed E-state index contributed by atoms with van der Waals surface area (Å²) in [5.41, 5.74) is 0.426. The van der Waals surface area contributed by atoms with E-state index in [-0.39, 0.29) is 10.6 Å². The molecule has 0 bridgehead atoms. The summed E-state index contributed by atoms with van der Waals surface area (Å²) in [5.74, 6) is -0.647. The normalized spacial score (nSPS) is 10.4. The number of halogens is 3. The first-order valence-corrected chi connectivity index (χ1v) is 5.03. The number of benzene rings is 1. The smallest absolute Gasteiger partial charge is 0.153 e. The van der Waals surface area contributed by atoms with Crippen molar-refractivity contribution in [1.29, 1.82) is 0 Å². The third-order valence-corrected chi connectivity index (χ3v) is 2.60. The van der Waals surface area contributed by atoms with Gasteiger partial charge in [0.05, 0.1) is 27.5 Å². The Balaban J connectivity index is 2.65. The molecule has 0 fully saturated rings. The number of carbonyl (C=O) groups is 1. The quantitative estimate of drug-likeness (QED) is 0.776. The van der Waals surface area contributed by atoms with E-state index < -0.39 is 5.82 Å². The van der Waals surface area contributed by atoms with Gasteiger partial charge in [-0.1, -0.05) is 23.2 Å². The van der Waals surface area contributed by atoms with Crippen LogP contribution in [-0.4, -0.2) is 16.1 Å². The van der Waals surface area contributed by atoms with Crippen LogP contribution in [0.15, 0.2) is 24.5 Å². The standard InChI is InChI=1S/C10H5Cl2FN2O/c11-6-3-14-15(4-6)9-2-1-8(13)10(12)7(9)5-16/h1-5H. The molecule has 0 spiro atoms. The van der Waals surface area contributed by atoms with E-state index in [2.05, 4.69) is 5.10 Å². The molecule has 3 nitrogen and oxygen atoms in total. The van der Waals surface area contributed by atoms with Gasteiger partial charge in [0.1, 0.15) is 5.82 Å². The summed E-state index contributed by atoms with van der Waals surface area (Å²) in [6.45, 7) is 0. The highest BCUT2D eigenvalue weighted by molar-refractivity contribution is 6.33. The molecule has 0 aliphatic heterocycles. The molecule has 6 heteroatoms. The van der Waals surface area contributed by atoms with Crippen molar-refractivity contribution in [3.8, 4) is 5.69 Å². The van der Waals surface area contributed by atoms with Gasteiger partial charge in [-0.25, -0.2) is 9.07 Å². The third kappa shape index (κ3) is 1.81. The van der Waals surface area contributed by atoms with E-state index in [9.17, 15) is 9.18 Å². The highest BCUT2D eigenvalue weighted by Crippen LogP contribution is 2.25. The molecule has 0 amide bonds. The molecular formula is C10H5Cl2FN2O. The van der Waals surface area contributed by atoms with E-state index in [0.29, 0.717) is 17.0 Å². The van der Waals surface area contributed by atoms with Gasteiger partial charge in [0.15, 0.2) is 6.29 Å². The minimum atomic E-state index is -0.647. The zero-order valence-electron chi connectivity index (χ0n) is 7.82. The number of rotatable bonds is 2. The van der Waals surface area contributed by atoms with Crippen molar-refractivity contribution < 1.29 is 9.18 Å². The summed E-state index contributed by atoms with van der Waals surface area (Å²) >= 11 is 11.4. The predicted octanol–water partition coefficient (Wildman–Crippen LogP) is 3.13. The Bertz CT molecular complexity index is 554. The predicted molar refractivity (Wildman–Crippen MR) is 58.9 cm³/mol. The molecule has 16 heavy (non-hydrogen) atoms. The first-order chi connectivity index (χ1) is 7.63. The Morgan fingerprint density at radius 3 is 2.69 bits per heavy atom. The molecule has 0 saturated carbocycles. The average molecular weight is 259 g/mol. The maximum absolute atomic E-state index is 13.1. The van der Waals surface area contributed by atoms with Gasteiger partial charge in [-0.15, -0.1) is 0 Å². The summed E-state index contributed by atoms with van der Waals surface area (Å²) in [6.07, 6.45) is 3.39. The van der Waals surface area contributed by atoms with Crippen LogP contribution in [0.4, 0.5) is 4.39 Å². The van der Waals surface area contributed by atoms with Crippen LogP contribution in [0.3, 0.4) is 0 Å². The third-order valence-electron chi connectivity index (χ3n) is 2.03. The Kier molecular flexibility index (Phi) is 2.94. The van der Waals surface area contributed by atoms with Crippen LogP contribution in [0.5, 0.6) is 0 Å². The zero-order chi connectivity index (χ0) is 11.7. The largest absolute Gasteiger partial charge is 0.298 e. The van der Waals surface area contributed by atoms with Gasteiger partial charge in [-0.2, -0.15) is 5.10 Å². The molecule has 1 aromatic carbocycles. The van der Waals surface area contributed by atoms with Crippen LogP contribution in [0.1, 0.15) is 10.4 Å². The Morgan fingerprint density at radius 1 is 1.38 bits per heavy atom. The van der Waals surface area contributed by atoms with Crippen molar-refractivity contribution in [2.75, 3.05) is 0 Å². The lowest BCUT2D eigenvalue weighted by atomic mass is 10.2. The van der Waals surface area contributed by atoms with Gasteiger partial charge in [-0.05, 0) is 12.1 Å². The van der Waals surface area contributed by atoms with Crippen LogP contribution in [0.25, 0.3) is 5.69 Å². The van der Waals surface area contributed by atoms with E-state index in [1.807, 2.05) is 0 Å². The monoisotopic (exact) mass is 258 g/mol. The molecule has 1 heterocycles. The zero-order valence-corrected chi connectivity index (χ0v) is 9.34. The molecule has 0 radical (unpaired) electrons. The van der Waals surface area contributed by atoms with Gasteiger partial charge < -0.3 is 0 Å². The number of aromatic nitrogens is 2. The Labute approximate surface area is 100 Å². The minimum absolute atomic E-state index is 0.0430. The molecule has 82 valence electrons. The number of hydrogen-bond acceptors (Lipinski definition) is 2. The number of hydrogen-bond donors (Lipinski definition) is 0. The summed E-state index contributed by atoms with van der Waals surface area (Å²) < 4.78 is 14.5. The van der Waals surface area contributed by atoms with Crippen molar-refractivity contribution in [2.45, 2.75) is 0 Å². The van der Waals surface area contributed by atoms with Crippen LogP contribution in [0.2, 0.25) is 10.0 Å². The number of nitrogens with zero attached hydrogens (tertiary/aromatic N) is 2. The molecule has 0 aliphatic carbocycles. The second-order valence-electron chi connectivity index (χ2n) is 3.02. The fraction of sp³-hybridized carbons (Fsp3) is 0. The molecule has 0 N–H and O–H groups in total. The minimum Gasteiger partial charge on any atom is -0.298 e. The van der Waals surface area contributed by atoms with E-state index in [4.69, 9.17) is 23.2 Å². The topological polar surface area (TPSA) is 34.9 Å². The fourth-order valence-electron chi connectivity index (χ4n) is 1.30. The van der Waals surface area contributed by atoms with Crippen LogP contribution in [-0.2, 0) is 0 Å². The molecule has 2 aromatic rings. The lowest BCUT2D eigenvalue weighted by Gasteiger charge is -2.06. The van der Waals surface area contributed by atoms with E-state index in [1.165, 1.54) is 29.2 Å². The number of carbonyl (C=O) groups excluding carboxylic acids is 1. The second-order valence-corrected chi connectivity index (χ2v) is 3.83. The Hall–Kier alpha value is -1.39. The molecule has 1 aromatic heterocycles. The van der Waals surface area contributed by atoms with Crippen molar-refractivity contribution in [2.24, 2.45) is 0 Å². The molecule has 0 saturated heterocycles. The van der Waals surface area contributed by atoms with Crippen LogP contribution < -0.4 is 0 Å². The van der Waals surface area contributed by atoms with Gasteiger partial charge >= 0.3 is 0 Å². The van der Waals surface area contributed by atoms with Crippen LogP contribution in [0, 0.1) is 5.82 Å². The first kappa shape index (κ1) is 11.1. The lowest BCUT2D eigenvalue weighted by Crippen LogP contribution is -2.01. The van der Waals surface area contributed by atoms with Gasteiger partial charge in [0, 0.05) is 6.20 Å². The fourth-order valence-corrected chi connectivity index (χ4v) is 1.64. The van der Waals surface area contributed by atoms with Gasteiger partial charge in [0.25, 0.3) is 0 Å². The maximum Gasteiger partial charge on any atom is 0.153 e. The SMILES string of the molecule is O=Cc1c(-n2cc(Cl)cn2)ccc(F)c1Cl. The van der Waals surface area contributed by atoms with Crippen molar-refractivity contribution in [3.63, 3.8) is 0 Å². The maximum atomic E-state index is 13.1. The lowest BCUT2D eigenvalue weighted by molar-refractivity contribution is 0.112. The van der Waals surface area contributed by atoms with Crippen LogP contribution >= 0.6 is 23.2 Å². The summed E-state index contributed by atoms with van der Waals surface area (Å²) in [5, 5.41) is 4.10. The van der Waals surface area contributed by atoms with Gasteiger partial charge in [-0.3, -0.25) is 4.79 Å². The van der Waals surface area contributed by atoms with Crippen molar-refractivity contribution in [3.05, 3.63) is 46.0 Å². The molecular weight excluding hydrogens is 254 g/mol. The molecule has 0 unspecified atom stereocenters. The van der Waals surface area contributed by atoms with E-state index in [1.54, 1.807) is 0 Å². The van der Waals surface area contributed by atoms with E-state index in [0.717, 1.165) is 0 Å². The second kappa shape index (κ2) is 4.23. The van der Waals surface area contributed by atoms with Crippen molar-refractivity contribution in [1.82, 2.24) is 9.78 Å². The molecule has 2 rings (SSSR count). The summed E-state index contributed by atoms with van der Waals surface area (Å²) in [6, 6.07) is 2.58. The highest BCUT2D eigenvalue weighted by atomic mass is 35.5. The Morgan fingerprint density at radius 2 is 2.12 bits per heavy atom. The van der Waals surface area contributed by atoms with E-state index >= 15 is 0 Å². The summed E-state index contributed by atoms with van der Waals surface area (Å²) in [7, 11) is 0. The molecule has 0 atom stereocenters. The van der Waals surface area contributed by atoms with Crippen molar-refractivity contribution >= 4 is 29.5 Å². The average Bonchev–Trinajstić information content (AvgIpc) is 2.68. The molecule has 0 aliphatic rings.